The third kappa shape index (κ3) is 2.30. The van der Waals surface area contributed by atoms with Gasteiger partial charge in [0, 0.05) is 11.1 Å². The molecule has 0 spiro atoms. The van der Waals surface area contributed by atoms with Crippen LogP contribution in [0.4, 0.5) is 8.78 Å². The monoisotopic (exact) mass is 315 g/mol. The summed E-state index contributed by atoms with van der Waals surface area (Å²) in [5, 5.41) is 8.91. The first kappa shape index (κ1) is 11.6. The van der Waals surface area contributed by atoms with Crippen molar-refractivity contribution in [2.45, 2.75) is 13.0 Å². The van der Waals surface area contributed by atoms with E-state index in [0.717, 1.165) is 0 Å². The Morgan fingerprint density at radius 1 is 1.64 bits per heavy atom. The molecule has 1 aromatic rings. The van der Waals surface area contributed by atoms with Crippen LogP contribution in [0, 0.1) is 3.70 Å². The maximum Gasteiger partial charge on any atom is 0.264 e. The molecule has 0 unspecified atom stereocenters. The van der Waals surface area contributed by atoms with Gasteiger partial charge in [-0.3, -0.25) is 0 Å². The van der Waals surface area contributed by atoms with Crippen LogP contribution < -0.4 is 4.74 Å². The van der Waals surface area contributed by atoms with Gasteiger partial charge < -0.3 is 9.84 Å². The number of aliphatic hydroxyl groups excluding tert-OH is 1. The Morgan fingerprint density at radius 2 is 2.29 bits per heavy atom. The van der Waals surface area contributed by atoms with Crippen LogP contribution >= 0.6 is 22.6 Å². The average molecular weight is 315 g/mol. The van der Waals surface area contributed by atoms with Crippen molar-refractivity contribution in [3.05, 3.63) is 20.9 Å². The number of pyridine rings is 1. The summed E-state index contributed by atoms with van der Waals surface area (Å²) in [5.74, 6) is 0.0506. The Hall–Kier alpha value is -0.500. The zero-order valence-corrected chi connectivity index (χ0v) is 9.46. The molecule has 0 aliphatic rings. The van der Waals surface area contributed by atoms with Crippen LogP contribution in [0.15, 0.2) is 6.07 Å². The molecule has 1 N–H and O–H groups in total. The van der Waals surface area contributed by atoms with Crippen LogP contribution in [0.1, 0.15) is 17.6 Å². The van der Waals surface area contributed by atoms with Crippen molar-refractivity contribution in [3.63, 3.8) is 0 Å². The summed E-state index contributed by atoms with van der Waals surface area (Å²) in [6.07, 6.45) is -2.64. The molecule has 0 saturated heterocycles. The van der Waals surface area contributed by atoms with Crippen LogP contribution in [0.3, 0.4) is 0 Å². The quantitative estimate of drug-likeness (QED) is 0.686. The van der Waals surface area contributed by atoms with Crippen molar-refractivity contribution in [2.24, 2.45) is 0 Å². The minimum atomic E-state index is -2.64. The van der Waals surface area contributed by atoms with Crippen LogP contribution in [0.5, 0.6) is 5.88 Å². The first-order chi connectivity index (χ1) is 6.60. The van der Waals surface area contributed by atoms with E-state index in [1.165, 1.54) is 13.2 Å². The summed E-state index contributed by atoms with van der Waals surface area (Å²) >= 11 is 1.81. The van der Waals surface area contributed by atoms with Crippen molar-refractivity contribution in [1.82, 2.24) is 4.98 Å². The van der Waals surface area contributed by atoms with Crippen LogP contribution in [-0.4, -0.2) is 17.2 Å². The predicted octanol–water partition coefficient (Wildman–Crippen LogP) is 2.12. The largest absolute Gasteiger partial charge is 0.481 e. The number of methoxy groups -OCH3 is 1. The number of rotatable bonds is 3. The first-order valence-electron chi connectivity index (χ1n) is 3.72. The van der Waals surface area contributed by atoms with Crippen molar-refractivity contribution in [2.75, 3.05) is 7.11 Å². The smallest absolute Gasteiger partial charge is 0.264 e. The van der Waals surface area contributed by atoms with Crippen molar-refractivity contribution < 1.29 is 18.6 Å². The Morgan fingerprint density at radius 3 is 2.71 bits per heavy atom. The van der Waals surface area contributed by atoms with Gasteiger partial charge in [-0.2, -0.15) is 0 Å². The minimum absolute atomic E-state index is 0.0444. The van der Waals surface area contributed by atoms with E-state index in [2.05, 4.69) is 4.98 Å². The average Bonchev–Trinajstić information content (AvgIpc) is 2.16. The van der Waals surface area contributed by atoms with E-state index in [1.807, 2.05) is 22.6 Å². The summed E-state index contributed by atoms with van der Waals surface area (Å²) in [6.45, 7) is -0.507. The lowest BCUT2D eigenvalue weighted by Gasteiger charge is -2.10. The molecule has 1 rings (SSSR count). The molecule has 1 aromatic heterocycles. The Kier molecular flexibility index (Phi) is 3.99. The molecule has 6 heteroatoms. The molecule has 3 nitrogen and oxygen atoms in total. The number of alkyl halides is 2. The van der Waals surface area contributed by atoms with E-state index < -0.39 is 13.0 Å². The summed E-state index contributed by atoms with van der Waals surface area (Å²) in [5.41, 5.74) is -0.188. The molecule has 0 atom stereocenters. The fourth-order valence-corrected chi connectivity index (χ4v) is 1.61. The second-order valence-corrected chi connectivity index (χ2v) is 3.59. The second kappa shape index (κ2) is 4.83. The van der Waals surface area contributed by atoms with E-state index in [1.54, 1.807) is 0 Å². The number of aliphatic hydroxyl groups is 1. The first-order valence-corrected chi connectivity index (χ1v) is 4.80. The third-order valence-electron chi connectivity index (χ3n) is 1.68. The van der Waals surface area contributed by atoms with E-state index in [0.29, 0.717) is 3.70 Å². The molecule has 0 saturated carbocycles. The van der Waals surface area contributed by atoms with Crippen molar-refractivity contribution in [3.8, 4) is 5.88 Å². The number of aromatic nitrogens is 1. The number of ether oxygens (including phenoxy) is 1. The highest BCUT2D eigenvalue weighted by atomic mass is 127. The van der Waals surface area contributed by atoms with Gasteiger partial charge in [0.1, 0.15) is 3.70 Å². The highest BCUT2D eigenvalue weighted by molar-refractivity contribution is 14.1. The van der Waals surface area contributed by atoms with Gasteiger partial charge in [0.2, 0.25) is 5.88 Å². The van der Waals surface area contributed by atoms with Gasteiger partial charge in [-0.05, 0) is 28.7 Å². The standard InChI is InChI=1S/C8H8F2INO2/c1-14-8-5(3-13)4(7(9)10)2-6(11)12-8/h2,7,13H,3H2,1H3. The zero-order valence-electron chi connectivity index (χ0n) is 7.30. The fraction of sp³-hybridized carbons (Fsp3) is 0.375. The highest BCUT2D eigenvalue weighted by Gasteiger charge is 2.18. The lowest BCUT2D eigenvalue weighted by atomic mass is 10.1. The van der Waals surface area contributed by atoms with Gasteiger partial charge in [-0.25, -0.2) is 13.8 Å². The number of hydrogen-bond acceptors (Lipinski definition) is 3. The molecule has 0 amide bonds. The predicted molar refractivity (Wildman–Crippen MR) is 54.4 cm³/mol. The fourth-order valence-electron chi connectivity index (χ4n) is 1.06. The molecule has 0 fully saturated rings. The van der Waals surface area contributed by atoms with Gasteiger partial charge in [-0.1, -0.05) is 0 Å². The zero-order chi connectivity index (χ0) is 10.7. The van der Waals surface area contributed by atoms with Crippen LogP contribution in [0.2, 0.25) is 0 Å². The van der Waals surface area contributed by atoms with Gasteiger partial charge in [-0.15, -0.1) is 0 Å². The SMILES string of the molecule is COc1nc(I)cc(C(F)F)c1CO. The molecule has 1 heterocycles. The summed E-state index contributed by atoms with van der Waals surface area (Å²) in [6, 6.07) is 1.24. The van der Waals surface area contributed by atoms with E-state index in [-0.39, 0.29) is 17.0 Å². The topological polar surface area (TPSA) is 42.4 Å². The van der Waals surface area contributed by atoms with Crippen molar-refractivity contribution >= 4 is 22.6 Å². The van der Waals surface area contributed by atoms with E-state index in [9.17, 15) is 8.78 Å². The van der Waals surface area contributed by atoms with Crippen LogP contribution in [0.25, 0.3) is 0 Å². The summed E-state index contributed by atoms with van der Waals surface area (Å²) < 4.78 is 30.2. The maximum atomic E-state index is 12.5. The molecular formula is C8H8F2INO2. The summed E-state index contributed by atoms with van der Waals surface area (Å²) in [7, 11) is 1.33. The van der Waals surface area contributed by atoms with Crippen LogP contribution in [-0.2, 0) is 6.61 Å². The highest BCUT2D eigenvalue weighted by Crippen LogP contribution is 2.29. The molecule has 0 aliphatic heterocycles. The molecule has 0 aromatic carbocycles. The Labute approximate surface area is 93.2 Å². The second-order valence-electron chi connectivity index (χ2n) is 2.48. The normalized spacial score (nSPS) is 10.7. The van der Waals surface area contributed by atoms with Crippen molar-refractivity contribution in [1.29, 1.82) is 0 Å². The number of hydrogen-bond donors (Lipinski definition) is 1. The van der Waals surface area contributed by atoms with Gasteiger partial charge in [0.25, 0.3) is 6.43 Å². The molecule has 0 aliphatic carbocycles. The number of halogens is 3. The van der Waals surface area contributed by atoms with E-state index >= 15 is 0 Å². The molecule has 14 heavy (non-hydrogen) atoms. The number of nitrogens with zero attached hydrogens (tertiary/aromatic N) is 1. The molecule has 0 bridgehead atoms. The summed E-state index contributed by atoms with van der Waals surface area (Å²) in [4.78, 5) is 3.88. The molecular weight excluding hydrogens is 307 g/mol. The minimum Gasteiger partial charge on any atom is -0.481 e. The molecule has 78 valence electrons. The Balaban J connectivity index is 3.31. The molecule has 0 radical (unpaired) electrons. The van der Waals surface area contributed by atoms with Gasteiger partial charge in [0.05, 0.1) is 13.7 Å². The lowest BCUT2D eigenvalue weighted by molar-refractivity contribution is 0.145. The van der Waals surface area contributed by atoms with E-state index in [4.69, 9.17) is 9.84 Å². The lowest BCUT2D eigenvalue weighted by Crippen LogP contribution is -2.02. The van der Waals surface area contributed by atoms with Gasteiger partial charge >= 0.3 is 0 Å². The maximum absolute atomic E-state index is 12.5. The third-order valence-corrected chi connectivity index (χ3v) is 2.23. The van der Waals surface area contributed by atoms with Gasteiger partial charge in [0.15, 0.2) is 0 Å². The Bertz CT molecular complexity index is 333.